The lowest BCUT2D eigenvalue weighted by atomic mass is 10.0. The van der Waals surface area contributed by atoms with E-state index in [0.29, 0.717) is 49.8 Å². The van der Waals surface area contributed by atoms with E-state index in [1.54, 1.807) is 6.07 Å². The van der Waals surface area contributed by atoms with E-state index in [1.165, 1.54) is 0 Å². The van der Waals surface area contributed by atoms with Gasteiger partial charge in [0.1, 0.15) is 24.2 Å². The Bertz CT molecular complexity index is 952. The van der Waals surface area contributed by atoms with Crippen molar-refractivity contribution in [1.82, 2.24) is 0 Å². The van der Waals surface area contributed by atoms with E-state index < -0.39 is 12.2 Å². The fourth-order valence-corrected chi connectivity index (χ4v) is 4.22. The van der Waals surface area contributed by atoms with Gasteiger partial charge in [-0.3, -0.25) is 0 Å². The zero-order valence-electron chi connectivity index (χ0n) is 18.2. The number of aliphatic hydroxyl groups excluding tert-OH is 2. The maximum atomic E-state index is 11.0. The fourth-order valence-electron chi connectivity index (χ4n) is 4.22. The van der Waals surface area contributed by atoms with Crippen molar-refractivity contribution >= 4 is 22.7 Å². The average molecular weight is 429 g/mol. The standard InChI is InChI=1S/C23H32N4O4/c1-14-9-18-21(11-16(14)24)30-8-6-26(18)4-3-20(29)23-13-27(5-7-28)19-10-15(2)17(25)12-22(19)31-23/h9-12,20,23,28-29H,3-8,13,24-25H2,1-2H3. The number of rotatable bonds is 6. The summed E-state index contributed by atoms with van der Waals surface area (Å²) in [4.78, 5) is 4.27. The van der Waals surface area contributed by atoms with Gasteiger partial charge in [-0.25, -0.2) is 0 Å². The van der Waals surface area contributed by atoms with Crippen molar-refractivity contribution in [3.63, 3.8) is 0 Å². The molecule has 0 fully saturated rings. The van der Waals surface area contributed by atoms with Crippen LogP contribution >= 0.6 is 0 Å². The predicted octanol–water partition coefficient (Wildman–Crippen LogP) is 1.68. The number of ether oxygens (including phenoxy) is 2. The van der Waals surface area contributed by atoms with E-state index in [2.05, 4.69) is 9.80 Å². The Balaban J connectivity index is 1.46. The molecule has 0 spiro atoms. The summed E-state index contributed by atoms with van der Waals surface area (Å²) in [6, 6.07) is 7.69. The van der Waals surface area contributed by atoms with Crippen LogP contribution in [0.3, 0.4) is 0 Å². The number of aryl methyl sites for hydroxylation is 2. The van der Waals surface area contributed by atoms with Gasteiger partial charge in [0.2, 0.25) is 0 Å². The Morgan fingerprint density at radius 1 is 1.00 bits per heavy atom. The van der Waals surface area contributed by atoms with E-state index in [-0.39, 0.29) is 6.61 Å². The Labute approximate surface area is 183 Å². The average Bonchev–Trinajstić information content (AvgIpc) is 2.74. The molecule has 2 aromatic rings. The maximum Gasteiger partial charge on any atom is 0.145 e. The molecular formula is C23H32N4O4. The molecule has 0 amide bonds. The van der Waals surface area contributed by atoms with Gasteiger partial charge in [0.05, 0.1) is 37.2 Å². The first-order valence-corrected chi connectivity index (χ1v) is 10.8. The van der Waals surface area contributed by atoms with Crippen LogP contribution in [0.15, 0.2) is 24.3 Å². The number of nitrogens with two attached hydrogens (primary N) is 2. The van der Waals surface area contributed by atoms with Crippen molar-refractivity contribution in [2.45, 2.75) is 32.5 Å². The molecule has 31 heavy (non-hydrogen) atoms. The van der Waals surface area contributed by atoms with Crippen LogP contribution in [0.5, 0.6) is 11.5 Å². The number of aliphatic hydroxyl groups is 2. The molecule has 4 rings (SSSR count). The van der Waals surface area contributed by atoms with Gasteiger partial charge in [0.25, 0.3) is 0 Å². The Kier molecular flexibility index (Phi) is 6.02. The molecule has 0 radical (unpaired) electrons. The zero-order chi connectivity index (χ0) is 22.1. The number of hydrogen-bond donors (Lipinski definition) is 4. The van der Waals surface area contributed by atoms with Crippen LogP contribution in [0, 0.1) is 13.8 Å². The molecule has 0 saturated heterocycles. The molecule has 0 bridgehead atoms. The number of fused-ring (bicyclic) bond motifs is 2. The van der Waals surface area contributed by atoms with Gasteiger partial charge >= 0.3 is 0 Å². The van der Waals surface area contributed by atoms with Crippen molar-refractivity contribution in [2.75, 3.05) is 60.7 Å². The van der Waals surface area contributed by atoms with Crippen molar-refractivity contribution in [3.05, 3.63) is 35.4 Å². The highest BCUT2D eigenvalue weighted by atomic mass is 16.5. The summed E-state index contributed by atoms with van der Waals surface area (Å²) in [7, 11) is 0. The van der Waals surface area contributed by atoms with Crippen molar-refractivity contribution in [2.24, 2.45) is 0 Å². The predicted molar refractivity (Wildman–Crippen MR) is 123 cm³/mol. The highest BCUT2D eigenvalue weighted by Crippen LogP contribution is 2.38. The molecular weight excluding hydrogens is 396 g/mol. The highest BCUT2D eigenvalue weighted by molar-refractivity contribution is 5.69. The second kappa shape index (κ2) is 8.72. The largest absolute Gasteiger partial charge is 0.489 e. The van der Waals surface area contributed by atoms with Crippen LogP contribution < -0.4 is 30.7 Å². The number of nitrogen functional groups attached to an aromatic ring is 2. The molecule has 2 unspecified atom stereocenters. The first-order chi connectivity index (χ1) is 14.9. The Hall–Kier alpha value is -2.84. The van der Waals surface area contributed by atoms with Crippen LogP contribution in [0.2, 0.25) is 0 Å². The lowest BCUT2D eigenvalue weighted by Gasteiger charge is -2.39. The summed E-state index contributed by atoms with van der Waals surface area (Å²) in [5, 5.41) is 20.5. The third-order valence-corrected chi connectivity index (χ3v) is 6.17. The van der Waals surface area contributed by atoms with Crippen LogP contribution in [0.1, 0.15) is 17.5 Å². The molecule has 2 aliphatic heterocycles. The van der Waals surface area contributed by atoms with Gasteiger partial charge in [-0.2, -0.15) is 0 Å². The Morgan fingerprint density at radius 3 is 2.32 bits per heavy atom. The van der Waals surface area contributed by atoms with Crippen LogP contribution in [-0.4, -0.2) is 61.8 Å². The quantitative estimate of drug-likeness (QED) is 0.514. The fraction of sp³-hybridized carbons (Fsp3) is 0.478. The van der Waals surface area contributed by atoms with Gasteiger partial charge in [-0.05, 0) is 43.5 Å². The van der Waals surface area contributed by atoms with Gasteiger partial charge in [0, 0.05) is 36.6 Å². The summed E-state index contributed by atoms with van der Waals surface area (Å²) in [5.41, 5.74) is 17.3. The third kappa shape index (κ3) is 4.31. The Morgan fingerprint density at radius 2 is 1.65 bits per heavy atom. The highest BCUT2D eigenvalue weighted by Gasteiger charge is 2.32. The van der Waals surface area contributed by atoms with E-state index in [4.69, 9.17) is 20.9 Å². The molecule has 2 heterocycles. The molecule has 8 heteroatoms. The van der Waals surface area contributed by atoms with Crippen molar-refractivity contribution in [3.8, 4) is 11.5 Å². The lowest BCUT2D eigenvalue weighted by Crippen LogP contribution is -2.48. The van der Waals surface area contributed by atoms with Crippen LogP contribution in [-0.2, 0) is 0 Å². The molecule has 8 nitrogen and oxygen atoms in total. The van der Waals surface area contributed by atoms with Gasteiger partial charge in [-0.1, -0.05) is 0 Å². The summed E-state index contributed by atoms with van der Waals surface area (Å²) in [6.07, 6.45) is -0.537. The summed E-state index contributed by atoms with van der Waals surface area (Å²) in [6.45, 7) is 6.94. The third-order valence-electron chi connectivity index (χ3n) is 6.17. The molecule has 2 aliphatic rings. The number of hydrogen-bond acceptors (Lipinski definition) is 8. The molecule has 2 atom stereocenters. The van der Waals surface area contributed by atoms with Crippen molar-refractivity contribution in [1.29, 1.82) is 0 Å². The van der Waals surface area contributed by atoms with E-state index in [9.17, 15) is 10.2 Å². The zero-order valence-corrected chi connectivity index (χ0v) is 18.2. The number of β-amino-alcohol motifs (C(OH)–C–C–N with tert-alkyl or cyclic N) is 1. The lowest BCUT2D eigenvalue weighted by molar-refractivity contribution is 0.0306. The molecule has 168 valence electrons. The molecule has 6 N–H and O–H groups in total. The second-order valence-electron chi connectivity index (χ2n) is 8.37. The minimum absolute atomic E-state index is 0.0265. The maximum absolute atomic E-state index is 11.0. The molecule has 0 aliphatic carbocycles. The molecule has 0 aromatic heterocycles. The molecule has 2 aromatic carbocycles. The monoisotopic (exact) mass is 428 g/mol. The van der Waals surface area contributed by atoms with E-state index in [1.807, 2.05) is 32.0 Å². The summed E-state index contributed by atoms with van der Waals surface area (Å²) >= 11 is 0. The summed E-state index contributed by atoms with van der Waals surface area (Å²) in [5.74, 6) is 1.43. The number of anilines is 4. The summed E-state index contributed by atoms with van der Waals surface area (Å²) < 4.78 is 11.9. The van der Waals surface area contributed by atoms with Gasteiger partial charge in [0.15, 0.2) is 0 Å². The normalized spacial score (nSPS) is 18.6. The second-order valence-corrected chi connectivity index (χ2v) is 8.37. The smallest absolute Gasteiger partial charge is 0.145 e. The SMILES string of the molecule is Cc1cc2c(cc1N)OCCN2CCC(O)C1CN(CCO)c2cc(C)c(N)cc2O1. The number of nitrogens with zero attached hydrogens (tertiary/aromatic N) is 2. The van der Waals surface area contributed by atoms with Crippen LogP contribution in [0.25, 0.3) is 0 Å². The minimum atomic E-state index is -0.668. The van der Waals surface area contributed by atoms with Gasteiger partial charge < -0.3 is 41.0 Å². The first kappa shape index (κ1) is 21.4. The minimum Gasteiger partial charge on any atom is -0.489 e. The van der Waals surface area contributed by atoms with Crippen molar-refractivity contribution < 1.29 is 19.7 Å². The van der Waals surface area contributed by atoms with E-state index >= 15 is 0 Å². The van der Waals surface area contributed by atoms with Crippen LogP contribution in [0.4, 0.5) is 22.7 Å². The molecule has 0 saturated carbocycles. The topological polar surface area (TPSA) is 117 Å². The van der Waals surface area contributed by atoms with E-state index in [0.717, 1.165) is 34.8 Å². The first-order valence-electron chi connectivity index (χ1n) is 10.8. The number of benzene rings is 2. The van der Waals surface area contributed by atoms with Gasteiger partial charge in [-0.15, -0.1) is 0 Å².